The number of aldehydes is 1. The molecule has 1 aliphatic heterocycles. The molecule has 0 unspecified atom stereocenters. The summed E-state index contributed by atoms with van der Waals surface area (Å²) < 4.78 is 26.9. The lowest BCUT2D eigenvalue weighted by atomic mass is 10.1. The molecular weight excluding hydrogens is 499 g/mol. The molecule has 9 heteroatoms. The second-order valence-corrected chi connectivity index (χ2v) is 9.19. The van der Waals surface area contributed by atoms with Crippen molar-refractivity contribution >= 4 is 23.8 Å². The Labute approximate surface area is 232 Å². The van der Waals surface area contributed by atoms with Crippen LogP contribution in [0.25, 0.3) is 5.70 Å². The topological polar surface area (TPSA) is 76.4 Å². The standard InChI is InChI=1S/C26H33FN4O4.2C2H6/c1-6-34-23-9-7-19(17-21(23)27)22(11-16-32)28-24-10-8-20(18-29(24)5)30-12-14-31(15-13-30)25(33)35-26(2,3)4;2*1-2/h7-11,16-18H,6,12-15H2,1-5H3;2*1-2H3/b22-11-,28-24?;;. The number of pyridine rings is 1. The fourth-order valence-corrected chi connectivity index (χ4v) is 3.68. The Bertz CT molecular complexity index is 1160. The maximum Gasteiger partial charge on any atom is 0.410 e. The van der Waals surface area contributed by atoms with Crippen LogP contribution < -0.4 is 15.1 Å². The van der Waals surface area contributed by atoms with Gasteiger partial charge in [-0.2, -0.15) is 0 Å². The van der Waals surface area contributed by atoms with Crippen LogP contribution in [0.1, 0.15) is 61.0 Å². The number of benzene rings is 1. The number of hydrogen-bond donors (Lipinski definition) is 0. The van der Waals surface area contributed by atoms with E-state index in [0.29, 0.717) is 55.8 Å². The van der Waals surface area contributed by atoms with Gasteiger partial charge in [0.25, 0.3) is 0 Å². The summed E-state index contributed by atoms with van der Waals surface area (Å²) in [4.78, 5) is 32.0. The van der Waals surface area contributed by atoms with Crippen molar-refractivity contribution in [2.75, 3.05) is 37.7 Å². The maximum absolute atomic E-state index is 14.3. The second kappa shape index (κ2) is 16.4. The smallest absolute Gasteiger partial charge is 0.410 e. The van der Waals surface area contributed by atoms with Crippen molar-refractivity contribution in [1.29, 1.82) is 0 Å². The predicted molar refractivity (Wildman–Crippen MR) is 155 cm³/mol. The number of allylic oxidation sites excluding steroid dienone is 1. The molecular formula is C30H45FN4O4. The lowest BCUT2D eigenvalue weighted by Gasteiger charge is -2.36. The Morgan fingerprint density at radius 1 is 1.05 bits per heavy atom. The molecule has 1 aromatic heterocycles. The molecule has 1 aliphatic rings. The number of carbonyl (C=O) groups is 2. The van der Waals surface area contributed by atoms with Gasteiger partial charge in [0.05, 0.1) is 18.0 Å². The molecule has 0 aliphatic carbocycles. The summed E-state index contributed by atoms with van der Waals surface area (Å²) >= 11 is 0. The summed E-state index contributed by atoms with van der Waals surface area (Å²) in [6, 6.07) is 8.30. The highest BCUT2D eigenvalue weighted by Gasteiger charge is 2.26. The second-order valence-electron chi connectivity index (χ2n) is 9.19. The third kappa shape index (κ3) is 10.2. The molecule has 3 rings (SSSR count). The fourth-order valence-electron chi connectivity index (χ4n) is 3.68. The number of nitrogens with zero attached hydrogens (tertiary/aromatic N) is 4. The van der Waals surface area contributed by atoms with Crippen LogP contribution in [0.5, 0.6) is 5.75 Å². The molecule has 0 radical (unpaired) electrons. The molecule has 8 nitrogen and oxygen atoms in total. The van der Waals surface area contributed by atoms with Gasteiger partial charge in [0.1, 0.15) is 17.4 Å². The number of halogens is 1. The Hall–Kier alpha value is -3.62. The van der Waals surface area contributed by atoms with Crippen LogP contribution in [-0.4, -0.2) is 60.2 Å². The minimum absolute atomic E-state index is 0.156. The van der Waals surface area contributed by atoms with Crippen molar-refractivity contribution < 1.29 is 23.5 Å². The van der Waals surface area contributed by atoms with Gasteiger partial charge in [0.15, 0.2) is 11.6 Å². The number of ether oxygens (including phenoxy) is 2. The van der Waals surface area contributed by atoms with E-state index in [1.807, 2.05) is 78.4 Å². The average Bonchev–Trinajstić information content (AvgIpc) is 2.92. The van der Waals surface area contributed by atoms with Gasteiger partial charge in [-0.05, 0) is 58.0 Å². The molecule has 2 aromatic rings. The van der Waals surface area contributed by atoms with Crippen LogP contribution >= 0.6 is 0 Å². The predicted octanol–water partition coefficient (Wildman–Crippen LogP) is 5.81. The summed E-state index contributed by atoms with van der Waals surface area (Å²) in [7, 11) is 1.86. The SMILES string of the molecule is CC.CC.CCOc1ccc(/C(=C/C=O)N=c2ccc(N3CCN(C(=O)OC(C)(C)C)CC3)cn2C)cc1F. The third-order valence-electron chi connectivity index (χ3n) is 5.38. The highest BCUT2D eigenvalue weighted by Crippen LogP contribution is 2.23. The fraction of sp³-hybridized carbons (Fsp3) is 0.500. The first-order valence-corrected chi connectivity index (χ1v) is 13.6. The van der Waals surface area contributed by atoms with Gasteiger partial charge in [0.2, 0.25) is 0 Å². The number of aryl methyl sites for hydroxylation is 1. The molecule has 2 heterocycles. The monoisotopic (exact) mass is 544 g/mol. The maximum atomic E-state index is 14.3. The zero-order valence-corrected chi connectivity index (χ0v) is 25.0. The zero-order chi connectivity index (χ0) is 29.6. The molecule has 1 amide bonds. The molecule has 216 valence electrons. The number of piperazine rings is 1. The van der Waals surface area contributed by atoms with Crippen LogP contribution in [0.15, 0.2) is 47.6 Å². The summed E-state index contributed by atoms with van der Waals surface area (Å²) in [5.41, 5.74) is 1.89. The number of aromatic nitrogens is 1. The molecule has 1 aromatic carbocycles. The van der Waals surface area contributed by atoms with E-state index in [4.69, 9.17) is 9.47 Å². The average molecular weight is 545 g/mol. The van der Waals surface area contributed by atoms with E-state index in [1.165, 1.54) is 18.2 Å². The van der Waals surface area contributed by atoms with Crippen molar-refractivity contribution in [2.24, 2.45) is 12.0 Å². The van der Waals surface area contributed by atoms with Crippen molar-refractivity contribution in [3.63, 3.8) is 0 Å². The molecule has 0 atom stereocenters. The van der Waals surface area contributed by atoms with Crippen molar-refractivity contribution in [2.45, 2.75) is 61.0 Å². The lowest BCUT2D eigenvalue weighted by Crippen LogP contribution is -2.50. The van der Waals surface area contributed by atoms with Gasteiger partial charge in [-0.1, -0.05) is 27.7 Å². The molecule has 1 fully saturated rings. The van der Waals surface area contributed by atoms with Gasteiger partial charge in [-0.15, -0.1) is 0 Å². The first kappa shape index (κ1) is 33.4. The highest BCUT2D eigenvalue weighted by atomic mass is 19.1. The van der Waals surface area contributed by atoms with E-state index in [0.717, 1.165) is 5.69 Å². The summed E-state index contributed by atoms with van der Waals surface area (Å²) in [5.74, 6) is -0.357. The van der Waals surface area contributed by atoms with E-state index >= 15 is 0 Å². The van der Waals surface area contributed by atoms with Gasteiger partial charge in [0, 0.05) is 51.1 Å². The largest absolute Gasteiger partial charge is 0.491 e. The Morgan fingerprint density at radius 3 is 2.21 bits per heavy atom. The van der Waals surface area contributed by atoms with E-state index in [9.17, 15) is 14.0 Å². The van der Waals surface area contributed by atoms with Crippen LogP contribution in [0, 0.1) is 5.82 Å². The molecule has 39 heavy (non-hydrogen) atoms. The minimum atomic E-state index is -0.518. The van der Waals surface area contributed by atoms with Crippen molar-refractivity contribution in [3.8, 4) is 5.75 Å². The van der Waals surface area contributed by atoms with Gasteiger partial charge in [-0.3, -0.25) is 4.79 Å². The van der Waals surface area contributed by atoms with Gasteiger partial charge < -0.3 is 23.8 Å². The number of hydrogen-bond acceptors (Lipinski definition) is 6. The van der Waals surface area contributed by atoms with Gasteiger partial charge >= 0.3 is 6.09 Å². The Kier molecular flexibility index (Phi) is 14.0. The summed E-state index contributed by atoms with van der Waals surface area (Å²) in [5, 5.41) is 0. The minimum Gasteiger partial charge on any atom is -0.491 e. The summed E-state index contributed by atoms with van der Waals surface area (Å²) in [6.45, 7) is 18.2. The Balaban J connectivity index is 0.00000181. The quantitative estimate of drug-likeness (QED) is 0.339. The van der Waals surface area contributed by atoms with E-state index < -0.39 is 11.4 Å². The van der Waals surface area contributed by atoms with Gasteiger partial charge in [-0.25, -0.2) is 14.2 Å². The lowest BCUT2D eigenvalue weighted by molar-refractivity contribution is -0.104. The zero-order valence-electron chi connectivity index (χ0n) is 25.0. The van der Waals surface area contributed by atoms with E-state index in [1.54, 1.807) is 17.9 Å². The normalized spacial score (nSPS) is 14.0. The number of anilines is 1. The van der Waals surface area contributed by atoms with Crippen LogP contribution in [0.4, 0.5) is 14.9 Å². The Morgan fingerprint density at radius 2 is 1.69 bits per heavy atom. The molecule has 1 saturated heterocycles. The molecule has 0 saturated carbocycles. The first-order chi connectivity index (χ1) is 18.6. The molecule has 0 bridgehead atoms. The summed E-state index contributed by atoms with van der Waals surface area (Å²) in [6.07, 6.45) is 3.58. The third-order valence-corrected chi connectivity index (χ3v) is 5.38. The number of rotatable bonds is 6. The van der Waals surface area contributed by atoms with E-state index in [2.05, 4.69) is 9.89 Å². The first-order valence-electron chi connectivity index (χ1n) is 13.6. The van der Waals surface area contributed by atoms with Crippen LogP contribution in [0.2, 0.25) is 0 Å². The highest BCUT2D eigenvalue weighted by molar-refractivity contribution is 5.81. The number of carbonyl (C=O) groups excluding carboxylic acids is 2. The number of amides is 1. The molecule has 0 spiro atoms. The van der Waals surface area contributed by atoms with E-state index in [-0.39, 0.29) is 11.8 Å². The molecule has 0 N–H and O–H groups in total. The van der Waals surface area contributed by atoms with Crippen LogP contribution in [-0.2, 0) is 16.6 Å². The van der Waals surface area contributed by atoms with Crippen molar-refractivity contribution in [3.05, 3.63) is 59.5 Å². The van der Waals surface area contributed by atoms with Crippen LogP contribution in [0.3, 0.4) is 0 Å². The van der Waals surface area contributed by atoms with Crippen molar-refractivity contribution in [1.82, 2.24) is 9.47 Å².